The van der Waals surface area contributed by atoms with E-state index in [1.54, 1.807) is 0 Å². The molecule has 170 valence electrons. The van der Waals surface area contributed by atoms with Crippen LogP contribution in [0.3, 0.4) is 0 Å². The Balaban J connectivity index is 2.25. The fourth-order valence-electron chi connectivity index (χ4n) is 3.20. The number of carbonyl (C=O) groups excluding carboxylic acids is 1. The van der Waals surface area contributed by atoms with Crippen LogP contribution in [-0.4, -0.2) is 42.3 Å². The number of benzene rings is 1. The van der Waals surface area contributed by atoms with Crippen molar-refractivity contribution in [2.45, 2.75) is 45.3 Å². The summed E-state index contributed by atoms with van der Waals surface area (Å²) in [5.41, 5.74) is 4.32. The number of halogens is 3. The molecule has 2 heterocycles. The van der Waals surface area contributed by atoms with Crippen molar-refractivity contribution in [2.75, 3.05) is 12.8 Å². The van der Waals surface area contributed by atoms with E-state index in [-0.39, 0.29) is 22.6 Å². The Morgan fingerprint density at radius 2 is 1.81 bits per heavy atom. The van der Waals surface area contributed by atoms with E-state index in [0.717, 1.165) is 19.2 Å². The molecular weight excluding hydrogens is 430 g/mol. The average Bonchev–Trinajstić information content (AvgIpc) is 3.11. The molecule has 8 nitrogen and oxygen atoms in total. The SMILES string of the molecule is COC(=O)c1c(N)c(C#N)cn1-c1cc(OC(F)(F)F)ccc1B1OC(C)(C)C(C)(C)O1. The summed E-state index contributed by atoms with van der Waals surface area (Å²) < 4.78 is 60.6. The van der Waals surface area contributed by atoms with Gasteiger partial charge in [-0.1, -0.05) is 6.07 Å². The molecular formula is C20H21BF3N3O5. The van der Waals surface area contributed by atoms with Gasteiger partial charge in [0.1, 0.15) is 11.8 Å². The zero-order valence-electron chi connectivity index (χ0n) is 18.0. The molecule has 0 amide bonds. The third-order valence-electron chi connectivity index (χ3n) is 5.55. The minimum absolute atomic E-state index is 0.0406. The van der Waals surface area contributed by atoms with Crippen LogP contribution >= 0.6 is 0 Å². The van der Waals surface area contributed by atoms with E-state index in [4.69, 9.17) is 19.8 Å². The summed E-state index contributed by atoms with van der Waals surface area (Å²) in [5, 5.41) is 9.36. The zero-order valence-corrected chi connectivity index (χ0v) is 18.0. The van der Waals surface area contributed by atoms with Gasteiger partial charge in [0.2, 0.25) is 0 Å². The van der Waals surface area contributed by atoms with Crippen LogP contribution in [0.1, 0.15) is 43.7 Å². The molecule has 1 fully saturated rings. The molecule has 0 aliphatic carbocycles. The second-order valence-electron chi connectivity index (χ2n) is 8.14. The van der Waals surface area contributed by atoms with Crippen molar-refractivity contribution in [3.63, 3.8) is 0 Å². The Bertz CT molecular complexity index is 1090. The number of hydrogen-bond donors (Lipinski definition) is 1. The Kier molecular flexibility index (Phi) is 5.70. The third-order valence-corrected chi connectivity index (χ3v) is 5.55. The van der Waals surface area contributed by atoms with Gasteiger partial charge in [0, 0.05) is 23.4 Å². The van der Waals surface area contributed by atoms with Crippen LogP contribution in [0.2, 0.25) is 0 Å². The highest BCUT2D eigenvalue weighted by atomic mass is 19.4. The van der Waals surface area contributed by atoms with Crippen molar-refractivity contribution in [3.8, 4) is 17.5 Å². The largest absolute Gasteiger partial charge is 0.573 e. The number of methoxy groups -OCH3 is 1. The Labute approximate surface area is 182 Å². The maximum atomic E-state index is 12.8. The van der Waals surface area contributed by atoms with Gasteiger partial charge >= 0.3 is 19.5 Å². The molecule has 3 rings (SSSR count). The molecule has 2 aromatic rings. The third kappa shape index (κ3) is 4.13. The summed E-state index contributed by atoms with van der Waals surface area (Å²) >= 11 is 0. The second-order valence-corrected chi connectivity index (χ2v) is 8.14. The number of carbonyl (C=O) groups is 1. The van der Waals surface area contributed by atoms with Gasteiger partial charge in [0.05, 0.1) is 29.6 Å². The first-order valence-electron chi connectivity index (χ1n) is 9.45. The predicted octanol–water partition coefficient (Wildman–Crippen LogP) is 2.92. The second kappa shape index (κ2) is 7.76. The van der Waals surface area contributed by atoms with Crippen LogP contribution in [0.25, 0.3) is 5.69 Å². The van der Waals surface area contributed by atoms with Crippen molar-refractivity contribution < 1.29 is 36.7 Å². The fourth-order valence-corrected chi connectivity index (χ4v) is 3.20. The number of alkyl halides is 3. The Morgan fingerprint density at radius 3 is 2.31 bits per heavy atom. The molecule has 0 radical (unpaired) electrons. The predicted molar refractivity (Wildman–Crippen MR) is 109 cm³/mol. The van der Waals surface area contributed by atoms with Crippen LogP contribution in [-0.2, 0) is 14.0 Å². The number of hydrogen-bond acceptors (Lipinski definition) is 7. The van der Waals surface area contributed by atoms with Gasteiger partial charge in [0.25, 0.3) is 0 Å². The first-order chi connectivity index (χ1) is 14.7. The molecule has 0 spiro atoms. The first-order valence-corrected chi connectivity index (χ1v) is 9.45. The molecule has 1 saturated heterocycles. The summed E-state index contributed by atoms with van der Waals surface area (Å²) in [5.74, 6) is -1.43. The molecule has 2 N–H and O–H groups in total. The summed E-state index contributed by atoms with van der Waals surface area (Å²) in [7, 11) is 0.123. The molecule has 32 heavy (non-hydrogen) atoms. The number of nitrogen functional groups attached to an aromatic ring is 1. The van der Waals surface area contributed by atoms with E-state index in [1.165, 1.54) is 16.8 Å². The standard InChI is InChI=1S/C20H21BF3N3O5/c1-18(2)19(3,4)32-21(31-18)13-7-6-12(30-20(22,23)24)8-14(13)27-10-11(9-25)15(26)16(27)17(28)29-5/h6-8,10H,26H2,1-5H3. The molecule has 0 bridgehead atoms. The van der Waals surface area contributed by atoms with Gasteiger partial charge in [-0.05, 0) is 33.8 Å². The maximum Gasteiger partial charge on any atom is 0.573 e. The lowest BCUT2D eigenvalue weighted by Crippen LogP contribution is -2.41. The van der Waals surface area contributed by atoms with Crippen LogP contribution in [0.15, 0.2) is 24.4 Å². The number of aromatic nitrogens is 1. The molecule has 0 unspecified atom stereocenters. The number of ether oxygens (including phenoxy) is 2. The van der Waals surface area contributed by atoms with Crippen molar-refractivity contribution >= 4 is 24.2 Å². The van der Waals surface area contributed by atoms with E-state index in [0.29, 0.717) is 5.46 Å². The minimum Gasteiger partial charge on any atom is -0.464 e. The van der Waals surface area contributed by atoms with Gasteiger partial charge in [-0.2, -0.15) is 5.26 Å². The molecule has 0 saturated carbocycles. The molecule has 1 aliphatic heterocycles. The van der Waals surface area contributed by atoms with Gasteiger partial charge in [-0.15, -0.1) is 13.2 Å². The monoisotopic (exact) mass is 451 g/mol. The summed E-state index contributed by atoms with van der Waals surface area (Å²) in [6.07, 6.45) is -3.72. The van der Waals surface area contributed by atoms with E-state index >= 15 is 0 Å². The van der Waals surface area contributed by atoms with Gasteiger partial charge in [0.15, 0.2) is 5.69 Å². The normalized spacial score (nSPS) is 17.2. The molecule has 1 aromatic heterocycles. The zero-order chi connectivity index (χ0) is 24.1. The lowest BCUT2D eigenvalue weighted by atomic mass is 9.77. The topological polar surface area (TPSA) is 109 Å². The van der Waals surface area contributed by atoms with Gasteiger partial charge in [-0.25, -0.2) is 4.79 Å². The van der Waals surface area contributed by atoms with Crippen molar-refractivity contribution in [3.05, 3.63) is 35.7 Å². The summed E-state index contributed by atoms with van der Waals surface area (Å²) in [6.45, 7) is 7.26. The highest BCUT2D eigenvalue weighted by molar-refractivity contribution is 6.63. The van der Waals surface area contributed by atoms with E-state index in [1.807, 2.05) is 33.8 Å². The summed E-state index contributed by atoms with van der Waals surface area (Å²) in [4.78, 5) is 12.4. The van der Waals surface area contributed by atoms with E-state index in [2.05, 4.69) is 4.74 Å². The average molecular weight is 451 g/mol. The quantitative estimate of drug-likeness (QED) is 0.563. The molecule has 1 aromatic carbocycles. The van der Waals surface area contributed by atoms with Crippen molar-refractivity contribution in [1.29, 1.82) is 5.26 Å². The number of rotatable bonds is 4. The van der Waals surface area contributed by atoms with Crippen molar-refractivity contribution in [2.24, 2.45) is 0 Å². The Morgan fingerprint density at radius 1 is 1.22 bits per heavy atom. The highest BCUT2D eigenvalue weighted by Gasteiger charge is 2.52. The number of nitriles is 1. The van der Waals surface area contributed by atoms with Crippen LogP contribution < -0.4 is 15.9 Å². The number of nitrogens with zero attached hydrogens (tertiary/aromatic N) is 2. The lowest BCUT2D eigenvalue weighted by molar-refractivity contribution is -0.274. The number of anilines is 1. The van der Waals surface area contributed by atoms with E-state index in [9.17, 15) is 23.2 Å². The van der Waals surface area contributed by atoms with Crippen molar-refractivity contribution in [1.82, 2.24) is 4.57 Å². The van der Waals surface area contributed by atoms with Gasteiger partial charge in [-0.3, -0.25) is 0 Å². The van der Waals surface area contributed by atoms with Crippen LogP contribution in [0.4, 0.5) is 18.9 Å². The number of nitrogens with two attached hydrogens (primary N) is 1. The minimum atomic E-state index is -4.94. The van der Waals surface area contributed by atoms with Crippen LogP contribution in [0, 0.1) is 11.3 Å². The van der Waals surface area contributed by atoms with Gasteiger partial charge < -0.3 is 29.1 Å². The number of esters is 1. The van der Waals surface area contributed by atoms with Crippen LogP contribution in [0.5, 0.6) is 5.75 Å². The first kappa shape index (κ1) is 23.5. The van der Waals surface area contributed by atoms with E-state index < -0.39 is 36.4 Å². The molecule has 1 aliphatic rings. The fraction of sp³-hybridized carbons (Fsp3) is 0.400. The Hall–Kier alpha value is -3.17. The smallest absolute Gasteiger partial charge is 0.464 e. The maximum absolute atomic E-state index is 12.8. The molecule has 12 heteroatoms. The lowest BCUT2D eigenvalue weighted by Gasteiger charge is -2.32. The molecule has 0 atom stereocenters. The summed E-state index contributed by atoms with van der Waals surface area (Å²) in [6, 6.07) is 5.34. The highest BCUT2D eigenvalue weighted by Crippen LogP contribution is 2.38.